The fourth-order valence-electron chi connectivity index (χ4n) is 2.11. The third-order valence-corrected chi connectivity index (χ3v) is 3.17. The lowest BCUT2D eigenvalue weighted by Crippen LogP contribution is -2.26. The number of esters is 3. The van der Waals surface area contributed by atoms with Crippen LogP contribution in [-0.2, 0) is 23.8 Å². The highest BCUT2D eigenvalue weighted by Gasteiger charge is 2.34. The fourth-order valence-corrected chi connectivity index (χ4v) is 2.11. The van der Waals surface area contributed by atoms with Gasteiger partial charge in [-0.2, -0.15) is 4.57 Å². The molecule has 0 aliphatic carbocycles. The highest BCUT2D eigenvalue weighted by Crippen LogP contribution is 2.22. The van der Waals surface area contributed by atoms with Crippen molar-refractivity contribution in [3.63, 3.8) is 0 Å². The highest BCUT2D eigenvalue weighted by molar-refractivity contribution is 6.01. The molecule has 0 atom stereocenters. The van der Waals surface area contributed by atoms with Crippen LogP contribution in [-0.4, -0.2) is 43.8 Å². The molecule has 2 aromatic heterocycles. The molecule has 0 fully saturated rings. The van der Waals surface area contributed by atoms with Gasteiger partial charge in [-0.3, -0.25) is 9.59 Å². The predicted molar refractivity (Wildman–Crippen MR) is 74.0 cm³/mol. The largest absolute Gasteiger partial charge is 0.468 e. The first-order valence-corrected chi connectivity index (χ1v) is 6.35. The van der Waals surface area contributed by atoms with E-state index < -0.39 is 29.5 Å². The minimum atomic E-state index is -1.48. The van der Waals surface area contributed by atoms with Gasteiger partial charge in [0.15, 0.2) is 11.5 Å². The lowest BCUT2D eigenvalue weighted by Gasteiger charge is -2.13. The zero-order chi connectivity index (χ0) is 17.1. The van der Waals surface area contributed by atoms with Crippen LogP contribution in [0.3, 0.4) is 0 Å². The second-order valence-corrected chi connectivity index (χ2v) is 4.35. The Hall–Kier alpha value is -3.10. The van der Waals surface area contributed by atoms with Crippen molar-refractivity contribution in [1.82, 2.24) is 4.57 Å². The lowest BCUT2D eigenvalue weighted by atomic mass is 10.0. The van der Waals surface area contributed by atoms with Crippen molar-refractivity contribution in [2.75, 3.05) is 21.3 Å². The van der Waals surface area contributed by atoms with Crippen molar-refractivity contribution in [2.45, 2.75) is 5.92 Å². The van der Waals surface area contributed by atoms with Gasteiger partial charge < -0.3 is 18.7 Å². The number of fused-ring (bicyclic) bond motifs is 1. The van der Waals surface area contributed by atoms with Crippen LogP contribution in [0.25, 0.3) is 5.52 Å². The van der Waals surface area contributed by atoms with Crippen LogP contribution in [0.15, 0.2) is 27.5 Å². The molecule has 2 rings (SSSR count). The molecule has 2 aromatic rings. The van der Waals surface area contributed by atoms with Gasteiger partial charge in [-0.1, -0.05) is 6.07 Å². The predicted octanol–water partition coefficient (Wildman–Crippen LogP) is 0.109. The zero-order valence-corrected chi connectivity index (χ0v) is 12.5. The molecule has 9 nitrogen and oxygen atoms in total. The summed E-state index contributed by atoms with van der Waals surface area (Å²) in [6.45, 7) is 0. The fraction of sp³-hybridized carbons (Fsp3) is 0.286. The molecule has 0 aliphatic heterocycles. The molecule has 0 amide bonds. The molecule has 0 spiro atoms. The SMILES string of the molecule is COC(=O)c1c(=O)on2c(C(C(=O)OC)C(=O)OC)cccc12. The van der Waals surface area contributed by atoms with E-state index in [0.717, 1.165) is 25.9 Å². The molecule has 9 heteroatoms. The minimum absolute atomic E-state index is 0.0200. The van der Waals surface area contributed by atoms with Gasteiger partial charge in [0.2, 0.25) is 0 Å². The van der Waals surface area contributed by atoms with Crippen molar-refractivity contribution in [2.24, 2.45) is 0 Å². The number of hydrogen-bond acceptors (Lipinski definition) is 8. The summed E-state index contributed by atoms with van der Waals surface area (Å²) in [6.07, 6.45) is 0. The number of carbonyl (C=O) groups excluding carboxylic acids is 3. The molecule has 0 saturated carbocycles. The number of rotatable bonds is 4. The summed E-state index contributed by atoms with van der Waals surface area (Å²) in [5.74, 6) is -4.18. The van der Waals surface area contributed by atoms with Crippen LogP contribution in [0.2, 0.25) is 0 Å². The van der Waals surface area contributed by atoms with E-state index in [1.165, 1.54) is 18.2 Å². The number of pyridine rings is 1. The number of hydrogen-bond donors (Lipinski definition) is 0. The summed E-state index contributed by atoms with van der Waals surface area (Å²) < 4.78 is 19.6. The lowest BCUT2D eigenvalue weighted by molar-refractivity contribution is -0.154. The van der Waals surface area contributed by atoms with Crippen molar-refractivity contribution >= 4 is 23.4 Å². The van der Waals surface area contributed by atoms with Gasteiger partial charge in [-0.25, -0.2) is 9.59 Å². The third-order valence-electron chi connectivity index (χ3n) is 3.17. The maximum Gasteiger partial charge on any atom is 0.373 e. The van der Waals surface area contributed by atoms with E-state index in [1.54, 1.807) is 0 Å². The van der Waals surface area contributed by atoms with Gasteiger partial charge in [0.1, 0.15) is 5.52 Å². The van der Waals surface area contributed by atoms with E-state index in [1.807, 2.05) is 0 Å². The van der Waals surface area contributed by atoms with Gasteiger partial charge >= 0.3 is 23.5 Å². The van der Waals surface area contributed by atoms with Gasteiger partial charge in [0.05, 0.1) is 27.0 Å². The summed E-state index contributed by atoms with van der Waals surface area (Å²) in [4.78, 5) is 47.3. The third kappa shape index (κ3) is 2.68. The summed E-state index contributed by atoms with van der Waals surface area (Å²) >= 11 is 0. The Labute approximate surface area is 129 Å². The quantitative estimate of drug-likeness (QED) is 0.442. The van der Waals surface area contributed by atoms with Crippen LogP contribution in [0.5, 0.6) is 0 Å². The Bertz CT molecular complexity index is 815. The maximum absolute atomic E-state index is 11.9. The average molecular weight is 323 g/mol. The molecule has 0 unspecified atom stereocenters. The molecule has 23 heavy (non-hydrogen) atoms. The minimum Gasteiger partial charge on any atom is -0.468 e. The van der Waals surface area contributed by atoms with Crippen molar-refractivity contribution < 1.29 is 33.1 Å². The normalized spacial score (nSPS) is 10.6. The van der Waals surface area contributed by atoms with E-state index in [-0.39, 0.29) is 16.8 Å². The average Bonchev–Trinajstić information content (AvgIpc) is 2.90. The molecule has 0 aromatic carbocycles. The highest BCUT2D eigenvalue weighted by atomic mass is 16.5. The van der Waals surface area contributed by atoms with Crippen LogP contribution in [0.4, 0.5) is 0 Å². The number of aromatic nitrogens is 1. The van der Waals surface area contributed by atoms with Crippen LogP contribution in [0.1, 0.15) is 22.0 Å². The first-order valence-electron chi connectivity index (χ1n) is 6.35. The van der Waals surface area contributed by atoms with E-state index >= 15 is 0 Å². The molecular formula is C14H13NO8. The Kier molecular flexibility index (Phi) is 4.49. The second kappa shape index (κ2) is 6.34. The molecule has 0 N–H and O–H groups in total. The summed E-state index contributed by atoms with van der Waals surface area (Å²) in [7, 11) is 3.31. The van der Waals surface area contributed by atoms with Crippen molar-refractivity contribution in [3.8, 4) is 0 Å². The summed E-state index contributed by atoms with van der Waals surface area (Å²) in [6, 6.07) is 4.23. The van der Waals surface area contributed by atoms with Crippen molar-refractivity contribution in [1.29, 1.82) is 0 Å². The van der Waals surface area contributed by atoms with E-state index in [4.69, 9.17) is 4.52 Å². The van der Waals surface area contributed by atoms with Crippen molar-refractivity contribution in [3.05, 3.63) is 39.9 Å². The number of carbonyl (C=O) groups is 3. The smallest absolute Gasteiger partial charge is 0.373 e. The standard InChI is InChI=1S/C14H13NO8/c1-20-11(16)9(12(17)21-2)7-5-4-6-8-10(13(18)22-3)14(19)23-15(7)8/h4-6,9H,1-3H3. The van der Waals surface area contributed by atoms with Crippen LogP contribution in [0, 0.1) is 0 Å². The molecule has 2 heterocycles. The monoisotopic (exact) mass is 323 g/mol. The van der Waals surface area contributed by atoms with Crippen LogP contribution >= 0.6 is 0 Å². The molecule has 0 radical (unpaired) electrons. The number of ether oxygens (including phenoxy) is 3. The van der Waals surface area contributed by atoms with Gasteiger partial charge in [0, 0.05) is 0 Å². The van der Waals surface area contributed by atoms with E-state index in [2.05, 4.69) is 14.2 Å². The van der Waals surface area contributed by atoms with E-state index in [0.29, 0.717) is 0 Å². The Morgan fingerprint density at radius 1 is 1.04 bits per heavy atom. The summed E-state index contributed by atoms with van der Waals surface area (Å²) in [5.41, 5.74) is -1.27. The van der Waals surface area contributed by atoms with Gasteiger partial charge in [-0.05, 0) is 12.1 Å². The number of nitrogens with zero attached hydrogens (tertiary/aromatic N) is 1. The Balaban J connectivity index is 2.75. The summed E-state index contributed by atoms with van der Waals surface area (Å²) in [5, 5.41) is 0. The molecular weight excluding hydrogens is 310 g/mol. The van der Waals surface area contributed by atoms with Gasteiger partial charge in [0.25, 0.3) is 0 Å². The molecule has 0 bridgehead atoms. The zero-order valence-electron chi connectivity index (χ0n) is 12.5. The first-order chi connectivity index (χ1) is 11.0. The molecule has 0 aliphatic rings. The maximum atomic E-state index is 11.9. The Morgan fingerprint density at radius 3 is 2.17 bits per heavy atom. The second-order valence-electron chi connectivity index (χ2n) is 4.35. The van der Waals surface area contributed by atoms with E-state index in [9.17, 15) is 19.2 Å². The topological polar surface area (TPSA) is 114 Å². The molecule has 0 saturated heterocycles. The molecule has 122 valence electrons. The number of methoxy groups -OCH3 is 3. The Morgan fingerprint density at radius 2 is 1.65 bits per heavy atom. The first kappa shape index (κ1) is 16.3. The van der Waals surface area contributed by atoms with Crippen LogP contribution < -0.4 is 5.63 Å². The van der Waals surface area contributed by atoms with Gasteiger partial charge in [-0.15, -0.1) is 0 Å².